The van der Waals surface area contributed by atoms with Gasteiger partial charge in [-0.15, -0.1) is 0 Å². The second kappa shape index (κ2) is 4.08. The largest absolute Gasteiger partial charge is 0.253 e. The highest BCUT2D eigenvalue weighted by atomic mass is 127. The molecule has 0 amide bonds. The van der Waals surface area contributed by atoms with Crippen molar-refractivity contribution in [3.05, 3.63) is 39.1 Å². The van der Waals surface area contributed by atoms with Gasteiger partial charge in [0.2, 0.25) is 0 Å². The van der Waals surface area contributed by atoms with Crippen LogP contribution in [0.3, 0.4) is 0 Å². The Hall–Kier alpha value is -0.640. The molecule has 0 bridgehead atoms. The van der Waals surface area contributed by atoms with E-state index < -0.39 is 0 Å². The molecule has 0 radical (unpaired) electrons. The summed E-state index contributed by atoms with van der Waals surface area (Å²) in [6.07, 6.45) is 0. The lowest BCUT2D eigenvalue weighted by Gasteiger charge is -2.09. The summed E-state index contributed by atoms with van der Waals surface area (Å²) < 4.78 is 1.27. The van der Waals surface area contributed by atoms with Crippen LogP contribution in [0.25, 0.3) is 10.9 Å². The van der Waals surface area contributed by atoms with Gasteiger partial charge in [0.25, 0.3) is 0 Å². The predicted octanol–water partition coefficient (Wildman–Crippen LogP) is 4.27. The maximum absolute atomic E-state index is 4.67. The third-order valence-electron chi connectivity index (χ3n) is 2.59. The van der Waals surface area contributed by atoms with Crippen molar-refractivity contribution >= 4 is 33.5 Å². The molecule has 0 unspecified atom stereocenters. The lowest BCUT2D eigenvalue weighted by atomic mass is 10.0. The third kappa shape index (κ3) is 2.14. The molecule has 15 heavy (non-hydrogen) atoms. The van der Waals surface area contributed by atoms with Crippen LogP contribution in [0.5, 0.6) is 0 Å². The average Bonchev–Trinajstić information content (AvgIpc) is 2.18. The fourth-order valence-electron chi connectivity index (χ4n) is 1.69. The van der Waals surface area contributed by atoms with Crippen LogP contribution in [-0.4, -0.2) is 4.98 Å². The monoisotopic (exact) mass is 311 g/mol. The van der Waals surface area contributed by atoms with Crippen LogP contribution in [-0.2, 0) is 0 Å². The zero-order valence-electron chi connectivity index (χ0n) is 9.21. The molecule has 1 aromatic heterocycles. The van der Waals surface area contributed by atoms with Gasteiger partial charge in [0, 0.05) is 14.7 Å². The van der Waals surface area contributed by atoms with E-state index in [1.807, 2.05) is 0 Å². The van der Waals surface area contributed by atoms with Crippen molar-refractivity contribution in [2.75, 3.05) is 0 Å². The Morgan fingerprint density at radius 1 is 1.20 bits per heavy atom. The van der Waals surface area contributed by atoms with Gasteiger partial charge in [-0.1, -0.05) is 13.8 Å². The number of aryl methyl sites for hydroxylation is 1. The molecule has 2 rings (SSSR count). The van der Waals surface area contributed by atoms with E-state index in [0.717, 1.165) is 5.52 Å². The molecule has 0 atom stereocenters. The highest BCUT2D eigenvalue weighted by molar-refractivity contribution is 14.1. The topological polar surface area (TPSA) is 12.9 Å². The summed E-state index contributed by atoms with van der Waals surface area (Å²) in [5.41, 5.74) is 3.61. The minimum atomic E-state index is 0.493. The quantitative estimate of drug-likeness (QED) is 0.717. The molecule has 1 nitrogen and oxygen atoms in total. The Morgan fingerprint density at radius 2 is 1.93 bits per heavy atom. The Kier molecular flexibility index (Phi) is 2.96. The van der Waals surface area contributed by atoms with E-state index >= 15 is 0 Å². The van der Waals surface area contributed by atoms with E-state index in [1.54, 1.807) is 0 Å². The molecule has 0 saturated heterocycles. The van der Waals surface area contributed by atoms with Crippen LogP contribution >= 0.6 is 22.6 Å². The number of fused-ring (bicyclic) bond motifs is 1. The van der Waals surface area contributed by atoms with Crippen LogP contribution < -0.4 is 0 Å². The van der Waals surface area contributed by atoms with Crippen molar-refractivity contribution in [1.82, 2.24) is 4.98 Å². The number of nitrogens with zero attached hydrogens (tertiary/aromatic N) is 1. The molecular weight excluding hydrogens is 297 g/mol. The summed E-state index contributed by atoms with van der Waals surface area (Å²) in [6, 6.07) is 8.61. The fourth-order valence-corrected chi connectivity index (χ4v) is 2.18. The maximum Gasteiger partial charge on any atom is 0.0708 e. The van der Waals surface area contributed by atoms with Crippen molar-refractivity contribution in [3.63, 3.8) is 0 Å². The molecule has 2 aromatic rings. The van der Waals surface area contributed by atoms with Gasteiger partial charge in [0.15, 0.2) is 0 Å². The standard InChI is InChI=1S/C13H14IN/c1-8(2)13-6-9(3)11-7-10(14)4-5-12(11)15-13/h4-8H,1-3H3. The summed E-state index contributed by atoms with van der Waals surface area (Å²) in [6.45, 7) is 6.52. The number of hydrogen-bond acceptors (Lipinski definition) is 1. The first-order valence-electron chi connectivity index (χ1n) is 5.14. The van der Waals surface area contributed by atoms with Gasteiger partial charge >= 0.3 is 0 Å². The molecule has 0 N–H and O–H groups in total. The second-order valence-corrected chi connectivity index (χ2v) is 5.43. The van der Waals surface area contributed by atoms with Crippen LogP contribution in [0.2, 0.25) is 0 Å². The zero-order chi connectivity index (χ0) is 11.0. The fraction of sp³-hybridized carbons (Fsp3) is 0.308. The second-order valence-electron chi connectivity index (χ2n) is 4.18. The number of rotatable bonds is 1. The number of aromatic nitrogens is 1. The smallest absolute Gasteiger partial charge is 0.0708 e. The highest BCUT2D eigenvalue weighted by Gasteiger charge is 2.05. The summed E-state index contributed by atoms with van der Waals surface area (Å²) >= 11 is 2.34. The van der Waals surface area contributed by atoms with Crippen molar-refractivity contribution in [2.24, 2.45) is 0 Å². The third-order valence-corrected chi connectivity index (χ3v) is 3.26. The van der Waals surface area contributed by atoms with Crippen molar-refractivity contribution in [2.45, 2.75) is 26.7 Å². The average molecular weight is 311 g/mol. The number of halogens is 1. The zero-order valence-corrected chi connectivity index (χ0v) is 11.4. The van der Waals surface area contributed by atoms with Crippen LogP contribution in [0, 0.1) is 10.5 Å². The molecule has 0 fully saturated rings. The molecular formula is C13H14IN. The van der Waals surface area contributed by atoms with E-state index in [0.29, 0.717) is 5.92 Å². The van der Waals surface area contributed by atoms with Crippen LogP contribution in [0.15, 0.2) is 24.3 Å². The first-order valence-corrected chi connectivity index (χ1v) is 6.22. The van der Waals surface area contributed by atoms with Gasteiger partial charge in [0.05, 0.1) is 5.52 Å². The molecule has 78 valence electrons. The van der Waals surface area contributed by atoms with Gasteiger partial charge in [-0.25, -0.2) is 0 Å². The molecule has 0 aliphatic carbocycles. The van der Waals surface area contributed by atoms with Gasteiger partial charge < -0.3 is 0 Å². The first-order chi connectivity index (χ1) is 7.08. The normalized spacial score (nSPS) is 11.3. The number of benzene rings is 1. The van der Waals surface area contributed by atoms with Crippen LogP contribution in [0.4, 0.5) is 0 Å². The van der Waals surface area contributed by atoms with E-state index in [1.165, 1.54) is 20.2 Å². The Morgan fingerprint density at radius 3 is 2.60 bits per heavy atom. The Labute approximate surface area is 104 Å². The molecule has 1 aromatic carbocycles. The van der Waals surface area contributed by atoms with Gasteiger partial charge in [-0.05, 0) is 65.3 Å². The molecule has 0 spiro atoms. The molecule has 0 saturated carbocycles. The van der Waals surface area contributed by atoms with E-state index in [2.05, 4.69) is 72.6 Å². The summed E-state index contributed by atoms with van der Waals surface area (Å²) in [4.78, 5) is 4.67. The van der Waals surface area contributed by atoms with Gasteiger partial charge in [-0.2, -0.15) is 0 Å². The van der Waals surface area contributed by atoms with Crippen molar-refractivity contribution < 1.29 is 0 Å². The Balaban J connectivity index is 2.73. The Bertz CT molecular complexity index is 503. The van der Waals surface area contributed by atoms with E-state index in [4.69, 9.17) is 0 Å². The van der Waals surface area contributed by atoms with Gasteiger partial charge in [-0.3, -0.25) is 4.98 Å². The maximum atomic E-state index is 4.67. The lowest BCUT2D eigenvalue weighted by molar-refractivity contribution is 0.828. The summed E-state index contributed by atoms with van der Waals surface area (Å²) in [7, 11) is 0. The minimum absolute atomic E-state index is 0.493. The van der Waals surface area contributed by atoms with Crippen LogP contribution in [0.1, 0.15) is 31.0 Å². The van der Waals surface area contributed by atoms with E-state index in [-0.39, 0.29) is 0 Å². The van der Waals surface area contributed by atoms with E-state index in [9.17, 15) is 0 Å². The molecule has 0 aliphatic rings. The van der Waals surface area contributed by atoms with Crippen molar-refractivity contribution in [1.29, 1.82) is 0 Å². The molecule has 2 heteroatoms. The summed E-state index contributed by atoms with van der Waals surface area (Å²) in [5, 5.41) is 1.27. The number of pyridine rings is 1. The predicted molar refractivity (Wildman–Crippen MR) is 73.3 cm³/mol. The van der Waals surface area contributed by atoms with Crippen molar-refractivity contribution in [3.8, 4) is 0 Å². The first kappa shape index (κ1) is 10.9. The molecule has 0 aliphatic heterocycles. The SMILES string of the molecule is Cc1cc(C(C)C)nc2ccc(I)cc12. The number of hydrogen-bond donors (Lipinski definition) is 0. The summed E-state index contributed by atoms with van der Waals surface area (Å²) in [5.74, 6) is 0.493. The van der Waals surface area contributed by atoms with Gasteiger partial charge in [0.1, 0.15) is 0 Å². The molecule has 1 heterocycles. The minimum Gasteiger partial charge on any atom is -0.253 e. The highest BCUT2D eigenvalue weighted by Crippen LogP contribution is 2.23. The lowest BCUT2D eigenvalue weighted by Crippen LogP contribution is -1.95.